The van der Waals surface area contributed by atoms with E-state index in [0.717, 1.165) is 44.1 Å². The lowest BCUT2D eigenvalue weighted by molar-refractivity contribution is -0.141. The molecule has 3 N–H and O–H groups in total. The van der Waals surface area contributed by atoms with Gasteiger partial charge in [0.2, 0.25) is 27.7 Å². The van der Waals surface area contributed by atoms with E-state index in [-0.39, 0.29) is 25.5 Å². The minimum Gasteiger partial charge on any atom is -0.471 e. The molecule has 3 aromatic rings. The number of nitrogens with zero attached hydrogens (tertiary/aromatic N) is 3. The summed E-state index contributed by atoms with van der Waals surface area (Å²) in [5.41, 5.74) is 1.61. The number of benzene rings is 2. The van der Waals surface area contributed by atoms with Gasteiger partial charge in [-0.2, -0.15) is 0 Å². The number of aromatic nitrogens is 2. The van der Waals surface area contributed by atoms with E-state index < -0.39 is 68.7 Å². The Labute approximate surface area is 339 Å². The molecule has 5 atom stereocenters. The summed E-state index contributed by atoms with van der Waals surface area (Å²) >= 11 is 0. The fraction of sp³-hybridized carbons (Fsp3) is 0.535. The molecule has 1 unspecified atom stereocenters. The Kier molecular flexibility index (Phi) is 11.7. The van der Waals surface area contributed by atoms with E-state index in [4.69, 9.17) is 19.4 Å². The average Bonchev–Trinajstić information content (AvgIpc) is 4.09. The van der Waals surface area contributed by atoms with Crippen molar-refractivity contribution in [3.63, 3.8) is 0 Å². The van der Waals surface area contributed by atoms with E-state index in [1.54, 1.807) is 0 Å². The minimum atomic E-state index is -3.89. The molecule has 1 aromatic heterocycles. The monoisotopic (exact) mass is 812 g/mol. The van der Waals surface area contributed by atoms with Crippen molar-refractivity contribution < 1.29 is 37.1 Å². The van der Waals surface area contributed by atoms with Gasteiger partial charge in [-0.3, -0.25) is 19.1 Å². The van der Waals surface area contributed by atoms with Gasteiger partial charge in [0.25, 0.3) is 5.91 Å². The summed E-state index contributed by atoms with van der Waals surface area (Å²) in [5.74, 6) is -1.96. The Hall–Kier alpha value is -5.05. The molecular weight excluding hydrogens is 761 g/mol. The van der Waals surface area contributed by atoms with Crippen LogP contribution in [-0.4, -0.2) is 88.7 Å². The molecular formula is C43H52N6O8S. The van der Waals surface area contributed by atoms with Crippen molar-refractivity contribution in [2.45, 2.75) is 131 Å². The molecule has 3 saturated carbocycles. The van der Waals surface area contributed by atoms with Crippen LogP contribution in [0.5, 0.6) is 5.88 Å². The molecule has 2 aliphatic heterocycles. The van der Waals surface area contributed by atoms with E-state index in [2.05, 4.69) is 15.4 Å². The zero-order valence-electron chi connectivity index (χ0n) is 32.6. The molecule has 3 heterocycles. The molecule has 15 heteroatoms. The average molecular weight is 813 g/mol. The molecule has 0 spiro atoms. The van der Waals surface area contributed by atoms with Crippen molar-refractivity contribution in [3.05, 3.63) is 78.0 Å². The van der Waals surface area contributed by atoms with Crippen LogP contribution in [-0.2, 0) is 42.0 Å². The molecule has 4 amide bonds. The maximum atomic E-state index is 14.7. The maximum absolute atomic E-state index is 14.7. The number of aryl methyl sites for hydroxylation is 2. The van der Waals surface area contributed by atoms with Gasteiger partial charge in [-0.15, -0.1) is 0 Å². The van der Waals surface area contributed by atoms with Crippen LogP contribution in [0.2, 0.25) is 0 Å². The van der Waals surface area contributed by atoms with Crippen LogP contribution in [0.3, 0.4) is 0 Å². The van der Waals surface area contributed by atoms with Crippen molar-refractivity contribution in [1.82, 2.24) is 30.2 Å². The Balaban J connectivity index is 1.09. The smallest absolute Gasteiger partial charge is 0.408 e. The first-order valence-electron chi connectivity index (χ1n) is 20.9. The fourth-order valence-corrected chi connectivity index (χ4v) is 9.89. The number of carbonyl (C=O) groups excluding carboxylic acids is 4. The van der Waals surface area contributed by atoms with Crippen molar-refractivity contribution >= 4 is 44.9 Å². The number of para-hydroxylation sites is 2. The molecule has 4 fully saturated rings. The molecule has 5 aliphatic rings. The van der Waals surface area contributed by atoms with Gasteiger partial charge in [-0.1, -0.05) is 67.5 Å². The fourth-order valence-electron chi connectivity index (χ4n) is 8.52. The van der Waals surface area contributed by atoms with Crippen LogP contribution in [0.4, 0.5) is 4.79 Å². The molecule has 0 radical (unpaired) electrons. The number of fused-ring (bicyclic) bond motifs is 3. The molecule has 2 aromatic carbocycles. The SMILES string of the molecule is O=C(N[C@@H]1CCCCC/C=C\C2C[C@@]2(C(=O)NS(=O)(=O)C2CC2)NC(=O)[C@@H]2C[C@@H](Oc3nc4ccccc4nc3CCc3ccccc3)CN2C1=O)OC1CCCC1. The van der Waals surface area contributed by atoms with Crippen LogP contribution >= 0.6 is 0 Å². The number of amides is 4. The number of hydrogen-bond donors (Lipinski definition) is 3. The van der Waals surface area contributed by atoms with E-state index in [0.29, 0.717) is 67.6 Å². The van der Waals surface area contributed by atoms with Gasteiger partial charge in [0.15, 0.2) is 0 Å². The van der Waals surface area contributed by atoms with Gasteiger partial charge in [-0.05, 0) is 94.7 Å². The van der Waals surface area contributed by atoms with Gasteiger partial charge in [0.1, 0.15) is 35.5 Å². The van der Waals surface area contributed by atoms with Crippen LogP contribution in [0, 0.1) is 5.92 Å². The van der Waals surface area contributed by atoms with Gasteiger partial charge in [0, 0.05) is 12.3 Å². The highest BCUT2D eigenvalue weighted by atomic mass is 32.2. The van der Waals surface area contributed by atoms with Crippen molar-refractivity contribution in [3.8, 4) is 5.88 Å². The third-order valence-corrected chi connectivity index (χ3v) is 13.9. The molecule has 8 rings (SSSR count). The van der Waals surface area contributed by atoms with E-state index in [9.17, 15) is 27.6 Å². The zero-order valence-corrected chi connectivity index (χ0v) is 33.5. The number of hydrogen-bond acceptors (Lipinski definition) is 10. The molecule has 308 valence electrons. The summed E-state index contributed by atoms with van der Waals surface area (Å²) in [6.07, 6.45) is 11.5. The molecule has 14 nitrogen and oxygen atoms in total. The van der Waals surface area contributed by atoms with E-state index in [1.807, 2.05) is 66.7 Å². The van der Waals surface area contributed by atoms with Gasteiger partial charge in [0.05, 0.1) is 22.8 Å². The summed E-state index contributed by atoms with van der Waals surface area (Å²) in [7, 11) is -3.89. The quantitative estimate of drug-likeness (QED) is 0.240. The van der Waals surface area contributed by atoms with E-state index >= 15 is 0 Å². The minimum absolute atomic E-state index is 0.00199. The second-order valence-corrected chi connectivity index (χ2v) is 18.4. The number of rotatable bonds is 10. The highest BCUT2D eigenvalue weighted by molar-refractivity contribution is 7.91. The van der Waals surface area contributed by atoms with Crippen LogP contribution in [0.15, 0.2) is 66.7 Å². The van der Waals surface area contributed by atoms with E-state index in [1.165, 1.54) is 4.90 Å². The van der Waals surface area contributed by atoms with Gasteiger partial charge in [-0.25, -0.2) is 23.2 Å². The Morgan fingerprint density at radius 1 is 0.862 bits per heavy atom. The number of ether oxygens (including phenoxy) is 2. The highest BCUT2D eigenvalue weighted by Gasteiger charge is 2.62. The third kappa shape index (κ3) is 9.14. The van der Waals surface area contributed by atoms with Gasteiger partial charge >= 0.3 is 6.09 Å². The van der Waals surface area contributed by atoms with Crippen LogP contribution < -0.4 is 20.1 Å². The Morgan fingerprint density at radius 3 is 2.34 bits per heavy atom. The molecule has 58 heavy (non-hydrogen) atoms. The summed E-state index contributed by atoms with van der Waals surface area (Å²) < 4.78 is 40.4. The molecule has 1 saturated heterocycles. The molecule has 0 bridgehead atoms. The van der Waals surface area contributed by atoms with Crippen LogP contribution in [0.1, 0.15) is 94.7 Å². The maximum Gasteiger partial charge on any atom is 0.408 e. The standard InChI is InChI=1S/C43H52N6O8S/c50-38-37-25-31(56-39-35(24-21-28-13-5-4-6-14-28)44-33-18-11-12-19-34(33)45-39)27-49(37)40(51)36(46-42(53)57-30-16-9-10-17-30)20-8-3-1-2-7-15-29-26-43(29,47-38)41(52)48-58(54,55)32-22-23-32/h4-7,11-15,18-19,29-32,36-37H,1-3,8-10,16-17,20-27H2,(H,46,53)(H,47,50)(H,48,52)/b15-7-/t29?,31-,36-,37+,43-/m1/s1. The summed E-state index contributed by atoms with van der Waals surface area (Å²) in [6.45, 7) is -0.00199. The topological polar surface area (TPSA) is 186 Å². The normalized spacial score (nSPS) is 27.3. The summed E-state index contributed by atoms with van der Waals surface area (Å²) in [4.78, 5) is 67.5. The van der Waals surface area contributed by atoms with Crippen molar-refractivity contribution in [1.29, 1.82) is 0 Å². The summed E-state index contributed by atoms with van der Waals surface area (Å²) in [5, 5.41) is 5.13. The first kappa shape index (κ1) is 39.8. The predicted molar refractivity (Wildman–Crippen MR) is 215 cm³/mol. The third-order valence-electron chi connectivity index (χ3n) is 12.1. The first-order valence-corrected chi connectivity index (χ1v) is 22.4. The van der Waals surface area contributed by atoms with Crippen LogP contribution in [0.25, 0.3) is 11.0 Å². The second kappa shape index (κ2) is 17.0. The van der Waals surface area contributed by atoms with Crippen molar-refractivity contribution in [2.75, 3.05) is 6.54 Å². The Morgan fingerprint density at radius 2 is 1.59 bits per heavy atom. The number of carbonyl (C=O) groups is 4. The van der Waals surface area contributed by atoms with Gasteiger partial charge < -0.3 is 25.0 Å². The first-order chi connectivity index (χ1) is 28.1. The highest BCUT2D eigenvalue weighted by Crippen LogP contribution is 2.46. The summed E-state index contributed by atoms with van der Waals surface area (Å²) in [6, 6.07) is 15.4. The number of nitrogens with one attached hydrogen (secondary N) is 3. The lowest BCUT2D eigenvalue weighted by Crippen LogP contribution is -2.58. The number of allylic oxidation sites excluding steroid dienone is 1. The Bertz CT molecular complexity index is 2160. The zero-order chi connectivity index (χ0) is 40.3. The number of alkyl carbamates (subject to hydrolysis) is 1. The lowest BCUT2D eigenvalue weighted by Gasteiger charge is -2.30. The largest absolute Gasteiger partial charge is 0.471 e. The lowest BCUT2D eigenvalue weighted by atomic mass is 10.0. The second-order valence-electron chi connectivity index (χ2n) is 16.5. The van der Waals surface area contributed by atoms with Crippen molar-refractivity contribution in [2.24, 2.45) is 5.92 Å². The predicted octanol–water partition coefficient (Wildman–Crippen LogP) is 4.80. The number of sulfonamides is 1. The molecule has 3 aliphatic carbocycles.